The van der Waals surface area contributed by atoms with Gasteiger partial charge in [-0.05, 0) is 183 Å². The van der Waals surface area contributed by atoms with Gasteiger partial charge in [0, 0.05) is 0 Å². The lowest BCUT2D eigenvalue weighted by molar-refractivity contribution is 1.25. The molecule has 330 valence electrons. The molecule has 0 amide bonds. The Labute approximate surface area is 401 Å². The van der Waals surface area contributed by atoms with Gasteiger partial charge in [-0.15, -0.1) is 0 Å². The van der Waals surface area contributed by atoms with Gasteiger partial charge in [0.15, 0.2) is 0 Å². The lowest BCUT2D eigenvalue weighted by atomic mass is 9.32. The summed E-state index contributed by atoms with van der Waals surface area (Å²) in [7, 11) is 0. The van der Waals surface area contributed by atoms with Crippen molar-refractivity contribution in [2.45, 2.75) is 83.1 Å². The monoisotopic (exact) mass is 867 g/mol. The zero-order valence-corrected chi connectivity index (χ0v) is 41.7. The van der Waals surface area contributed by atoms with Crippen molar-refractivity contribution in [1.82, 2.24) is 0 Å². The molecule has 0 spiro atoms. The van der Waals surface area contributed by atoms with Crippen LogP contribution in [0.15, 0.2) is 164 Å². The second-order valence-electron chi connectivity index (χ2n) is 19.1. The minimum absolute atomic E-state index is 0.0192. The highest BCUT2D eigenvalue weighted by molar-refractivity contribution is 6.97. The average Bonchev–Trinajstić information content (AvgIpc) is 3.36. The van der Waals surface area contributed by atoms with Crippen LogP contribution in [0.2, 0.25) is 0 Å². The molecule has 0 N–H and O–H groups in total. The van der Waals surface area contributed by atoms with Crippen molar-refractivity contribution in [1.29, 1.82) is 0 Å². The molecule has 0 bridgehead atoms. The first-order valence-electron chi connectivity index (χ1n) is 24.1. The topological polar surface area (TPSA) is 0 Å². The summed E-state index contributed by atoms with van der Waals surface area (Å²) in [5.41, 5.74) is 36.0. The molecule has 0 aromatic heterocycles. The van der Waals surface area contributed by atoms with Gasteiger partial charge in [0.1, 0.15) is 0 Å². The van der Waals surface area contributed by atoms with Crippen LogP contribution in [-0.4, -0.2) is 6.71 Å². The second kappa shape index (κ2) is 18.4. The molecule has 0 aliphatic rings. The van der Waals surface area contributed by atoms with E-state index in [0.717, 1.165) is 0 Å². The predicted octanol–water partition coefficient (Wildman–Crippen LogP) is 15.9. The fourth-order valence-electron chi connectivity index (χ4n) is 11.4. The maximum absolute atomic E-state index is 2.39. The third-order valence-corrected chi connectivity index (χ3v) is 15.8. The van der Waals surface area contributed by atoms with Crippen molar-refractivity contribution in [2.75, 3.05) is 0 Å². The predicted molar refractivity (Wildman–Crippen MR) is 293 cm³/mol. The van der Waals surface area contributed by atoms with Crippen molar-refractivity contribution in [3.05, 3.63) is 231 Å². The Kier molecular flexibility index (Phi) is 12.4. The van der Waals surface area contributed by atoms with E-state index in [1.807, 2.05) is 0 Å². The summed E-state index contributed by atoms with van der Waals surface area (Å²) in [6.45, 7) is 28.6. The van der Waals surface area contributed by atoms with Gasteiger partial charge in [0.05, 0.1) is 0 Å². The smallest absolute Gasteiger partial charge is 0.0623 e. The highest BCUT2D eigenvalue weighted by Gasteiger charge is 2.36. The normalized spacial score (nSPS) is 11.3. The molecule has 0 fully saturated rings. The minimum atomic E-state index is 0.0192. The molecule has 0 aliphatic carbocycles. The summed E-state index contributed by atoms with van der Waals surface area (Å²) in [6, 6.07) is 59.8. The van der Waals surface area contributed by atoms with Crippen LogP contribution >= 0.6 is 0 Å². The summed E-state index contributed by atoms with van der Waals surface area (Å²) in [6.07, 6.45) is 0. The van der Waals surface area contributed by atoms with Crippen LogP contribution in [0.5, 0.6) is 0 Å². The molecule has 0 nitrogen and oxygen atoms in total. The maximum atomic E-state index is 2.39. The minimum Gasteiger partial charge on any atom is -0.0623 e. The quantitative estimate of drug-likeness (QED) is 0.127. The van der Waals surface area contributed by atoms with E-state index in [1.165, 1.54) is 150 Å². The molecule has 0 saturated carbocycles. The Morgan fingerprint density at radius 3 is 0.537 bits per heavy atom. The molecule has 9 aromatic carbocycles. The summed E-state index contributed by atoms with van der Waals surface area (Å²) < 4.78 is 0. The van der Waals surface area contributed by atoms with Crippen LogP contribution in [0.25, 0.3) is 66.8 Å². The van der Waals surface area contributed by atoms with Crippen molar-refractivity contribution in [3.63, 3.8) is 0 Å². The van der Waals surface area contributed by atoms with E-state index < -0.39 is 0 Å². The number of hydrogen-bond donors (Lipinski definition) is 0. The van der Waals surface area contributed by atoms with E-state index in [9.17, 15) is 0 Å². The maximum Gasteiger partial charge on any atom is 0.243 e. The first-order valence-corrected chi connectivity index (χ1v) is 24.1. The number of rotatable bonds is 9. The molecular weight excluding hydrogens is 804 g/mol. The molecule has 9 rings (SSSR count). The third kappa shape index (κ3) is 7.99. The standard InChI is InChI=1S/C66H63B/c1-40-46(7)64(47(8)41(2)61(40)58-34-28-55(29-35-58)52-22-16-13-17-23-52)67(65-48(9)42(3)62(43(4)49(65)10)59-36-30-56(31-37-59)53-24-18-14-19-25-53)66-50(11)44(5)63(45(6)51(66)12)60-38-32-57(33-39-60)54-26-20-15-21-27-54/h13-39H,1-12H3. The molecule has 0 unspecified atom stereocenters. The van der Waals surface area contributed by atoms with Crippen molar-refractivity contribution < 1.29 is 0 Å². The summed E-state index contributed by atoms with van der Waals surface area (Å²) in [5, 5.41) is 0. The first kappa shape index (κ1) is 45.2. The zero-order chi connectivity index (χ0) is 47.3. The molecule has 0 aliphatic heterocycles. The SMILES string of the molecule is Cc1c(C)c(-c2ccc(-c3ccccc3)cc2)c(C)c(C)c1B(c1c(C)c(C)c(-c2ccc(-c3ccccc3)cc2)c(C)c1C)c1c(C)c(C)c(-c2ccc(-c3ccccc3)cc2)c(C)c1C. The lowest BCUT2D eigenvalue weighted by Gasteiger charge is -2.33. The highest BCUT2D eigenvalue weighted by Crippen LogP contribution is 2.38. The van der Waals surface area contributed by atoms with E-state index in [-0.39, 0.29) is 6.71 Å². The summed E-state index contributed by atoms with van der Waals surface area (Å²) in [4.78, 5) is 0. The van der Waals surface area contributed by atoms with Gasteiger partial charge >= 0.3 is 0 Å². The Morgan fingerprint density at radius 1 is 0.179 bits per heavy atom. The molecular formula is C66H63B. The van der Waals surface area contributed by atoms with Gasteiger partial charge in [-0.3, -0.25) is 0 Å². The van der Waals surface area contributed by atoms with Gasteiger partial charge in [-0.1, -0.05) is 214 Å². The molecule has 0 saturated heterocycles. The van der Waals surface area contributed by atoms with Crippen LogP contribution in [0.1, 0.15) is 66.8 Å². The van der Waals surface area contributed by atoms with Crippen LogP contribution in [0, 0.1) is 83.1 Å². The van der Waals surface area contributed by atoms with Gasteiger partial charge < -0.3 is 0 Å². The molecule has 67 heavy (non-hydrogen) atoms. The molecule has 1 heteroatoms. The van der Waals surface area contributed by atoms with Gasteiger partial charge in [-0.25, -0.2) is 0 Å². The average molecular weight is 867 g/mol. The fraction of sp³-hybridized carbons (Fsp3) is 0.182. The van der Waals surface area contributed by atoms with Crippen LogP contribution in [-0.2, 0) is 0 Å². The van der Waals surface area contributed by atoms with Crippen LogP contribution < -0.4 is 16.4 Å². The van der Waals surface area contributed by atoms with Gasteiger partial charge in [0.25, 0.3) is 0 Å². The van der Waals surface area contributed by atoms with Crippen molar-refractivity contribution in [2.24, 2.45) is 0 Å². The van der Waals surface area contributed by atoms with Crippen LogP contribution in [0.3, 0.4) is 0 Å². The Bertz CT molecular complexity index is 2840. The Hall–Kier alpha value is -6.96. The Balaban J connectivity index is 1.25. The molecule has 9 aromatic rings. The van der Waals surface area contributed by atoms with Gasteiger partial charge in [0.2, 0.25) is 6.71 Å². The summed E-state index contributed by atoms with van der Waals surface area (Å²) >= 11 is 0. The molecule has 0 atom stereocenters. The van der Waals surface area contributed by atoms with E-state index in [4.69, 9.17) is 0 Å². The largest absolute Gasteiger partial charge is 0.243 e. The zero-order valence-electron chi connectivity index (χ0n) is 41.7. The third-order valence-electron chi connectivity index (χ3n) is 15.8. The van der Waals surface area contributed by atoms with Crippen molar-refractivity contribution in [3.8, 4) is 66.8 Å². The molecule has 0 heterocycles. The van der Waals surface area contributed by atoms with Crippen LogP contribution in [0.4, 0.5) is 0 Å². The fourth-order valence-corrected chi connectivity index (χ4v) is 11.4. The van der Waals surface area contributed by atoms with E-state index >= 15 is 0 Å². The van der Waals surface area contributed by atoms with Crippen molar-refractivity contribution >= 4 is 23.1 Å². The number of benzene rings is 9. The Morgan fingerprint density at radius 2 is 0.343 bits per heavy atom. The second-order valence-corrected chi connectivity index (χ2v) is 19.1. The first-order chi connectivity index (χ1) is 32.3. The highest BCUT2D eigenvalue weighted by atomic mass is 14.3. The van der Waals surface area contributed by atoms with E-state index in [2.05, 4.69) is 247 Å². The van der Waals surface area contributed by atoms with Gasteiger partial charge in [-0.2, -0.15) is 0 Å². The molecule has 0 radical (unpaired) electrons. The van der Waals surface area contributed by atoms with E-state index in [1.54, 1.807) is 0 Å². The number of hydrogen-bond acceptors (Lipinski definition) is 0. The summed E-state index contributed by atoms with van der Waals surface area (Å²) in [5.74, 6) is 0. The lowest BCUT2D eigenvalue weighted by Crippen LogP contribution is -2.58. The van der Waals surface area contributed by atoms with E-state index in [0.29, 0.717) is 0 Å².